The monoisotopic (exact) mass is 316 g/mol. The number of halogens is 1. The maximum Gasteiger partial charge on any atom is 0.205 e. The highest BCUT2D eigenvalue weighted by Crippen LogP contribution is 2.27. The minimum absolute atomic E-state index is 0.701. The molecule has 96 valence electrons. The van der Waals surface area contributed by atoms with Crippen LogP contribution in [0.25, 0.3) is 11.0 Å². The number of rotatable bonds is 2. The lowest BCUT2D eigenvalue weighted by Crippen LogP contribution is -1.93. The number of aryl methyl sites for hydroxylation is 1. The number of nitrogens with two attached hydrogens (primary N) is 1. The Kier molecular flexibility index (Phi) is 2.91. The molecule has 0 fully saturated rings. The number of fused-ring (bicyclic) bond motifs is 1. The topological polar surface area (TPSA) is 66.7 Å². The van der Waals surface area contributed by atoms with Gasteiger partial charge in [0.25, 0.3) is 0 Å². The second-order valence-electron chi connectivity index (χ2n) is 4.47. The van der Waals surface area contributed by atoms with Gasteiger partial charge in [-0.05, 0) is 58.7 Å². The highest BCUT2D eigenvalue weighted by atomic mass is 79.9. The molecule has 0 spiro atoms. The standard InChI is InChI=1S/C14H13BrN4/c1-8-2-4-10(15)12(6-8)18-14-17-11-5-3-9(16)7-13(11)19-14/h2-7H,16H2,1H3,(H2,17,18,19). The van der Waals surface area contributed by atoms with Crippen LogP contribution in [-0.2, 0) is 0 Å². The lowest BCUT2D eigenvalue weighted by atomic mass is 10.2. The Labute approximate surface area is 119 Å². The molecule has 4 N–H and O–H groups in total. The minimum atomic E-state index is 0.701. The van der Waals surface area contributed by atoms with E-state index in [-0.39, 0.29) is 0 Å². The summed E-state index contributed by atoms with van der Waals surface area (Å²) in [5.74, 6) is 0.701. The molecule has 19 heavy (non-hydrogen) atoms. The third-order valence-electron chi connectivity index (χ3n) is 2.88. The second kappa shape index (κ2) is 4.59. The largest absolute Gasteiger partial charge is 0.399 e. The predicted octanol–water partition coefficient (Wildman–Crippen LogP) is 3.96. The molecule has 0 unspecified atom stereocenters. The molecule has 1 heterocycles. The van der Waals surface area contributed by atoms with Crippen molar-refractivity contribution in [3.8, 4) is 0 Å². The Bertz CT molecular complexity index is 748. The van der Waals surface area contributed by atoms with Crippen molar-refractivity contribution in [1.82, 2.24) is 9.97 Å². The number of aromatic amines is 1. The average molecular weight is 317 g/mol. The van der Waals surface area contributed by atoms with E-state index < -0.39 is 0 Å². The van der Waals surface area contributed by atoms with Crippen molar-refractivity contribution in [3.05, 3.63) is 46.4 Å². The Morgan fingerprint density at radius 3 is 2.89 bits per heavy atom. The van der Waals surface area contributed by atoms with Crippen LogP contribution in [0.1, 0.15) is 5.56 Å². The van der Waals surface area contributed by atoms with Crippen molar-refractivity contribution in [3.63, 3.8) is 0 Å². The highest BCUT2D eigenvalue weighted by molar-refractivity contribution is 9.10. The SMILES string of the molecule is Cc1ccc(Br)c(Nc2nc3ccc(N)cc3[nH]2)c1. The minimum Gasteiger partial charge on any atom is -0.399 e. The van der Waals surface area contributed by atoms with E-state index >= 15 is 0 Å². The Hall–Kier alpha value is -2.01. The van der Waals surface area contributed by atoms with Gasteiger partial charge >= 0.3 is 0 Å². The van der Waals surface area contributed by atoms with Crippen LogP contribution in [0.3, 0.4) is 0 Å². The zero-order chi connectivity index (χ0) is 13.4. The molecule has 0 aliphatic carbocycles. The first-order chi connectivity index (χ1) is 9.11. The van der Waals surface area contributed by atoms with E-state index in [0.29, 0.717) is 5.95 Å². The molecule has 1 aromatic heterocycles. The van der Waals surface area contributed by atoms with E-state index in [1.807, 2.05) is 24.3 Å². The van der Waals surface area contributed by atoms with Crippen molar-refractivity contribution in [2.75, 3.05) is 11.1 Å². The molecule has 0 aliphatic rings. The molecule has 0 saturated heterocycles. The summed E-state index contributed by atoms with van der Waals surface area (Å²) in [7, 11) is 0. The molecule has 0 atom stereocenters. The molecule has 3 aromatic rings. The number of hydrogen-bond acceptors (Lipinski definition) is 3. The Morgan fingerprint density at radius 2 is 2.05 bits per heavy atom. The summed E-state index contributed by atoms with van der Waals surface area (Å²) in [6, 6.07) is 11.7. The Balaban J connectivity index is 1.98. The predicted molar refractivity (Wildman–Crippen MR) is 82.7 cm³/mol. The van der Waals surface area contributed by atoms with Crippen molar-refractivity contribution < 1.29 is 0 Å². The Morgan fingerprint density at radius 1 is 1.21 bits per heavy atom. The van der Waals surface area contributed by atoms with Gasteiger partial charge in [-0.2, -0.15) is 0 Å². The molecule has 3 rings (SSSR count). The van der Waals surface area contributed by atoms with E-state index in [9.17, 15) is 0 Å². The van der Waals surface area contributed by atoms with Crippen LogP contribution < -0.4 is 11.1 Å². The van der Waals surface area contributed by atoms with Gasteiger partial charge in [0, 0.05) is 10.2 Å². The van der Waals surface area contributed by atoms with Gasteiger partial charge in [-0.25, -0.2) is 4.98 Å². The fourth-order valence-electron chi connectivity index (χ4n) is 1.95. The number of nitrogens with zero attached hydrogens (tertiary/aromatic N) is 1. The van der Waals surface area contributed by atoms with Crippen molar-refractivity contribution >= 4 is 44.3 Å². The van der Waals surface area contributed by atoms with Crippen molar-refractivity contribution in [1.29, 1.82) is 0 Å². The second-order valence-corrected chi connectivity index (χ2v) is 5.32. The maximum absolute atomic E-state index is 5.75. The zero-order valence-electron chi connectivity index (χ0n) is 10.4. The van der Waals surface area contributed by atoms with Crippen LogP contribution in [0.2, 0.25) is 0 Å². The molecule has 2 aromatic carbocycles. The van der Waals surface area contributed by atoms with Crippen LogP contribution in [0.15, 0.2) is 40.9 Å². The summed E-state index contributed by atoms with van der Waals surface area (Å²) < 4.78 is 0.998. The summed E-state index contributed by atoms with van der Waals surface area (Å²) in [5, 5.41) is 3.27. The quantitative estimate of drug-likeness (QED) is 0.627. The molecule has 4 nitrogen and oxygen atoms in total. The van der Waals surface area contributed by atoms with Gasteiger partial charge in [0.1, 0.15) is 0 Å². The van der Waals surface area contributed by atoms with Gasteiger partial charge in [-0.3, -0.25) is 0 Å². The normalized spacial score (nSPS) is 10.8. The molecule has 0 amide bonds. The van der Waals surface area contributed by atoms with Gasteiger partial charge in [-0.15, -0.1) is 0 Å². The maximum atomic E-state index is 5.75. The molecule has 0 aliphatic heterocycles. The van der Waals surface area contributed by atoms with Gasteiger partial charge in [-0.1, -0.05) is 6.07 Å². The molecular weight excluding hydrogens is 304 g/mol. The molecular formula is C14H13BrN4. The van der Waals surface area contributed by atoms with Gasteiger partial charge in [0.15, 0.2) is 0 Å². The van der Waals surface area contributed by atoms with Crippen molar-refractivity contribution in [2.24, 2.45) is 0 Å². The lowest BCUT2D eigenvalue weighted by molar-refractivity contribution is 1.30. The average Bonchev–Trinajstić information content (AvgIpc) is 2.75. The van der Waals surface area contributed by atoms with E-state index in [4.69, 9.17) is 5.73 Å². The highest BCUT2D eigenvalue weighted by Gasteiger charge is 2.05. The third kappa shape index (κ3) is 2.42. The number of aromatic nitrogens is 2. The number of hydrogen-bond donors (Lipinski definition) is 3. The number of imidazole rings is 1. The van der Waals surface area contributed by atoms with E-state index in [0.717, 1.165) is 26.9 Å². The summed E-state index contributed by atoms with van der Waals surface area (Å²) in [6.07, 6.45) is 0. The third-order valence-corrected chi connectivity index (χ3v) is 3.57. The summed E-state index contributed by atoms with van der Waals surface area (Å²) in [4.78, 5) is 7.69. The number of anilines is 3. The fraction of sp³-hybridized carbons (Fsp3) is 0.0714. The lowest BCUT2D eigenvalue weighted by Gasteiger charge is -2.06. The number of nitrogen functional groups attached to an aromatic ring is 1. The fourth-order valence-corrected chi connectivity index (χ4v) is 2.29. The number of H-pyrrole nitrogens is 1. The summed E-state index contributed by atoms with van der Waals surface area (Å²) >= 11 is 3.52. The van der Waals surface area contributed by atoms with E-state index in [1.54, 1.807) is 0 Å². The summed E-state index contributed by atoms with van der Waals surface area (Å²) in [6.45, 7) is 2.05. The van der Waals surface area contributed by atoms with E-state index in [1.165, 1.54) is 5.56 Å². The zero-order valence-corrected chi connectivity index (χ0v) is 12.0. The van der Waals surface area contributed by atoms with Gasteiger partial charge in [0.2, 0.25) is 5.95 Å². The van der Waals surface area contributed by atoms with Crippen molar-refractivity contribution in [2.45, 2.75) is 6.92 Å². The van der Waals surface area contributed by atoms with Crippen LogP contribution in [0.4, 0.5) is 17.3 Å². The molecule has 5 heteroatoms. The molecule has 0 bridgehead atoms. The van der Waals surface area contributed by atoms with Crippen LogP contribution >= 0.6 is 15.9 Å². The molecule has 0 radical (unpaired) electrons. The number of nitrogens with one attached hydrogen (secondary N) is 2. The number of benzene rings is 2. The van der Waals surface area contributed by atoms with E-state index in [2.05, 4.69) is 50.3 Å². The molecule has 0 saturated carbocycles. The first-order valence-electron chi connectivity index (χ1n) is 5.90. The van der Waals surface area contributed by atoms with Crippen LogP contribution in [0, 0.1) is 6.92 Å². The van der Waals surface area contributed by atoms with Gasteiger partial charge in [0.05, 0.1) is 16.7 Å². The van der Waals surface area contributed by atoms with Gasteiger partial charge < -0.3 is 16.0 Å². The van der Waals surface area contributed by atoms with Crippen LogP contribution in [-0.4, -0.2) is 9.97 Å². The summed E-state index contributed by atoms with van der Waals surface area (Å²) in [5.41, 5.74) is 10.5. The van der Waals surface area contributed by atoms with Crippen LogP contribution in [0.5, 0.6) is 0 Å². The first kappa shape index (κ1) is 12.0. The first-order valence-corrected chi connectivity index (χ1v) is 6.69. The smallest absolute Gasteiger partial charge is 0.205 e.